The van der Waals surface area contributed by atoms with E-state index in [1.165, 1.54) is 23.3 Å². The van der Waals surface area contributed by atoms with Crippen LogP contribution in [0.4, 0.5) is 5.69 Å². The standard InChI is InChI=1S/C16H18N2O2/c1-2-13-3-5-14(6-4-13)11-17-12-15-7-9-16(10-8-15)18(19)20/h3-10,17H,2,11-12H2,1H3. The number of aryl methyl sites for hydroxylation is 1. The molecule has 2 rings (SSSR count). The quantitative estimate of drug-likeness (QED) is 0.646. The zero-order chi connectivity index (χ0) is 14.4. The van der Waals surface area contributed by atoms with Crippen molar-refractivity contribution in [3.05, 3.63) is 75.3 Å². The fourth-order valence-corrected chi connectivity index (χ4v) is 1.98. The Labute approximate surface area is 118 Å². The molecule has 0 aliphatic heterocycles. The Kier molecular flexibility index (Phi) is 4.85. The van der Waals surface area contributed by atoms with Gasteiger partial charge >= 0.3 is 0 Å². The molecule has 4 heteroatoms. The third-order valence-corrected chi connectivity index (χ3v) is 3.24. The number of nitrogens with one attached hydrogen (secondary N) is 1. The van der Waals surface area contributed by atoms with Crippen LogP contribution in [0, 0.1) is 10.1 Å². The molecule has 2 aromatic carbocycles. The molecule has 0 fully saturated rings. The highest BCUT2D eigenvalue weighted by molar-refractivity contribution is 5.32. The SMILES string of the molecule is CCc1ccc(CNCc2ccc([N+](=O)[O-])cc2)cc1. The number of hydrogen-bond acceptors (Lipinski definition) is 3. The number of rotatable bonds is 6. The first-order valence-corrected chi connectivity index (χ1v) is 6.71. The van der Waals surface area contributed by atoms with E-state index >= 15 is 0 Å². The van der Waals surface area contributed by atoms with E-state index in [1.54, 1.807) is 12.1 Å². The fourth-order valence-electron chi connectivity index (χ4n) is 1.98. The maximum absolute atomic E-state index is 10.6. The molecule has 104 valence electrons. The summed E-state index contributed by atoms with van der Waals surface area (Å²) in [5, 5.41) is 13.9. The minimum absolute atomic E-state index is 0.129. The third kappa shape index (κ3) is 3.90. The van der Waals surface area contributed by atoms with Crippen LogP contribution in [0.2, 0.25) is 0 Å². The van der Waals surface area contributed by atoms with Gasteiger partial charge in [-0.2, -0.15) is 0 Å². The lowest BCUT2D eigenvalue weighted by Gasteiger charge is -2.06. The second kappa shape index (κ2) is 6.82. The summed E-state index contributed by atoms with van der Waals surface area (Å²) in [4.78, 5) is 10.2. The van der Waals surface area contributed by atoms with Gasteiger partial charge in [0.25, 0.3) is 5.69 Å². The summed E-state index contributed by atoms with van der Waals surface area (Å²) in [6.45, 7) is 3.64. The topological polar surface area (TPSA) is 55.2 Å². The van der Waals surface area contributed by atoms with Crippen LogP contribution in [0.3, 0.4) is 0 Å². The summed E-state index contributed by atoms with van der Waals surface area (Å²) in [5.74, 6) is 0. The molecule has 0 heterocycles. The lowest BCUT2D eigenvalue weighted by molar-refractivity contribution is -0.384. The molecule has 0 amide bonds. The molecule has 0 saturated heterocycles. The molecule has 20 heavy (non-hydrogen) atoms. The number of benzene rings is 2. The zero-order valence-corrected chi connectivity index (χ0v) is 11.5. The van der Waals surface area contributed by atoms with E-state index < -0.39 is 0 Å². The van der Waals surface area contributed by atoms with Crippen LogP contribution in [-0.4, -0.2) is 4.92 Å². The normalized spacial score (nSPS) is 10.4. The van der Waals surface area contributed by atoms with Gasteiger partial charge in [0.2, 0.25) is 0 Å². The zero-order valence-electron chi connectivity index (χ0n) is 11.5. The van der Waals surface area contributed by atoms with Crippen molar-refractivity contribution in [2.45, 2.75) is 26.4 Å². The Morgan fingerprint density at radius 2 is 1.35 bits per heavy atom. The van der Waals surface area contributed by atoms with E-state index in [2.05, 4.69) is 36.5 Å². The highest BCUT2D eigenvalue weighted by atomic mass is 16.6. The van der Waals surface area contributed by atoms with Crippen molar-refractivity contribution in [2.75, 3.05) is 0 Å². The van der Waals surface area contributed by atoms with Crippen LogP contribution in [0.25, 0.3) is 0 Å². The summed E-state index contributed by atoms with van der Waals surface area (Å²) >= 11 is 0. The van der Waals surface area contributed by atoms with E-state index in [0.29, 0.717) is 6.54 Å². The summed E-state index contributed by atoms with van der Waals surface area (Å²) in [7, 11) is 0. The van der Waals surface area contributed by atoms with Gasteiger partial charge in [-0.15, -0.1) is 0 Å². The van der Waals surface area contributed by atoms with Crippen molar-refractivity contribution in [3.8, 4) is 0 Å². The fraction of sp³-hybridized carbons (Fsp3) is 0.250. The molecular weight excluding hydrogens is 252 g/mol. The summed E-state index contributed by atoms with van der Waals surface area (Å²) in [5.41, 5.74) is 3.75. The average Bonchev–Trinajstić information content (AvgIpc) is 2.48. The highest BCUT2D eigenvalue weighted by Crippen LogP contribution is 2.12. The van der Waals surface area contributed by atoms with Gasteiger partial charge in [-0.05, 0) is 23.1 Å². The van der Waals surface area contributed by atoms with E-state index in [-0.39, 0.29) is 10.6 Å². The predicted molar refractivity (Wildman–Crippen MR) is 79.5 cm³/mol. The Balaban J connectivity index is 1.84. The summed E-state index contributed by atoms with van der Waals surface area (Å²) in [6.07, 6.45) is 1.05. The molecule has 0 radical (unpaired) electrons. The van der Waals surface area contributed by atoms with Gasteiger partial charge in [0, 0.05) is 25.2 Å². The number of hydrogen-bond donors (Lipinski definition) is 1. The van der Waals surface area contributed by atoms with Crippen molar-refractivity contribution in [1.29, 1.82) is 0 Å². The van der Waals surface area contributed by atoms with Crippen molar-refractivity contribution < 1.29 is 4.92 Å². The number of non-ortho nitro benzene ring substituents is 1. The van der Waals surface area contributed by atoms with Crippen LogP contribution in [-0.2, 0) is 19.5 Å². The molecular formula is C16H18N2O2. The maximum atomic E-state index is 10.6. The predicted octanol–water partition coefficient (Wildman–Crippen LogP) is 3.45. The average molecular weight is 270 g/mol. The van der Waals surface area contributed by atoms with Crippen molar-refractivity contribution >= 4 is 5.69 Å². The molecule has 0 aromatic heterocycles. The molecule has 0 aliphatic carbocycles. The number of nitro benzene ring substituents is 1. The Morgan fingerprint density at radius 1 is 0.900 bits per heavy atom. The first-order chi connectivity index (χ1) is 9.69. The lowest BCUT2D eigenvalue weighted by atomic mass is 10.1. The monoisotopic (exact) mass is 270 g/mol. The van der Waals surface area contributed by atoms with Gasteiger partial charge in [0.15, 0.2) is 0 Å². The van der Waals surface area contributed by atoms with Gasteiger partial charge < -0.3 is 5.32 Å². The minimum atomic E-state index is -0.382. The van der Waals surface area contributed by atoms with Gasteiger partial charge in [-0.25, -0.2) is 0 Å². The third-order valence-electron chi connectivity index (χ3n) is 3.24. The molecule has 0 bridgehead atoms. The number of nitrogens with zero attached hydrogens (tertiary/aromatic N) is 1. The Hall–Kier alpha value is -2.20. The second-order valence-electron chi connectivity index (χ2n) is 4.70. The first-order valence-electron chi connectivity index (χ1n) is 6.71. The van der Waals surface area contributed by atoms with Gasteiger partial charge in [0.1, 0.15) is 0 Å². The maximum Gasteiger partial charge on any atom is 0.269 e. The van der Waals surface area contributed by atoms with Crippen LogP contribution in [0.15, 0.2) is 48.5 Å². The number of nitro groups is 1. The van der Waals surface area contributed by atoms with E-state index in [9.17, 15) is 10.1 Å². The Morgan fingerprint density at radius 3 is 1.80 bits per heavy atom. The highest BCUT2D eigenvalue weighted by Gasteiger charge is 2.03. The molecule has 0 atom stereocenters. The molecule has 2 aromatic rings. The lowest BCUT2D eigenvalue weighted by Crippen LogP contribution is -2.12. The smallest absolute Gasteiger partial charge is 0.269 e. The van der Waals surface area contributed by atoms with Crippen LogP contribution >= 0.6 is 0 Å². The van der Waals surface area contributed by atoms with Gasteiger partial charge in [0.05, 0.1) is 4.92 Å². The van der Waals surface area contributed by atoms with E-state index in [4.69, 9.17) is 0 Å². The summed E-state index contributed by atoms with van der Waals surface area (Å²) < 4.78 is 0. The van der Waals surface area contributed by atoms with E-state index in [0.717, 1.165) is 18.5 Å². The molecule has 0 spiro atoms. The second-order valence-corrected chi connectivity index (χ2v) is 4.70. The van der Waals surface area contributed by atoms with Crippen LogP contribution < -0.4 is 5.32 Å². The van der Waals surface area contributed by atoms with Gasteiger partial charge in [-0.3, -0.25) is 10.1 Å². The molecule has 0 aliphatic rings. The van der Waals surface area contributed by atoms with E-state index in [1.807, 2.05) is 0 Å². The molecule has 0 unspecified atom stereocenters. The largest absolute Gasteiger partial charge is 0.309 e. The van der Waals surface area contributed by atoms with Gasteiger partial charge in [-0.1, -0.05) is 43.3 Å². The molecule has 4 nitrogen and oxygen atoms in total. The molecule has 0 saturated carbocycles. The van der Waals surface area contributed by atoms with Crippen molar-refractivity contribution in [1.82, 2.24) is 5.32 Å². The van der Waals surface area contributed by atoms with Crippen molar-refractivity contribution in [2.24, 2.45) is 0 Å². The van der Waals surface area contributed by atoms with Crippen LogP contribution in [0.5, 0.6) is 0 Å². The first kappa shape index (κ1) is 14.2. The summed E-state index contributed by atoms with van der Waals surface area (Å²) in [6, 6.07) is 15.2. The molecule has 1 N–H and O–H groups in total. The van der Waals surface area contributed by atoms with Crippen molar-refractivity contribution in [3.63, 3.8) is 0 Å². The van der Waals surface area contributed by atoms with Crippen LogP contribution in [0.1, 0.15) is 23.6 Å². The Bertz CT molecular complexity index is 562. The minimum Gasteiger partial charge on any atom is -0.309 e.